The molecule has 27 heavy (non-hydrogen) atoms. The zero-order valence-corrected chi connectivity index (χ0v) is 15.2. The van der Waals surface area contributed by atoms with Gasteiger partial charge in [0.15, 0.2) is 0 Å². The van der Waals surface area contributed by atoms with Crippen LogP contribution in [0.15, 0.2) is 50.9 Å². The van der Waals surface area contributed by atoms with Gasteiger partial charge in [-0.1, -0.05) is 12.1 Å². The summed E-state index contributed by atoms with van der Waals surface area (Å²) >= 11 is 0.851. The number of benzene rings is 1. The van der Waals surface area contributed by atoms with E-state index in [0.29, 0.717) is 28.5 Å². The number of rotatable bonds is 6. The normalized spacial score (nSPS) is 11.4. The Bertz CT molecular complexity index is 1020. The summed E-state index contributed by atoms with van der Waals surface area (Å²) in [7, 11) is 1.31. The highest BCUT2D eigenvalue weighted by molar-refractivity contribution is 8.04. The number of methoxy groups -OCH3 is 1. The molecule has 2 heterocycles. The predicted molar refractivity (Wildman–Crippen MR) is 95.4 cm³/mol. The first-order chi connectivity index (χ1) is 13.0. The van der Waals surface area contributed by atoms with Gasteiger partial charge in [0.05, 0.1) is 18.6 Å². The Morgan fingerprint density at radius 1 is 1.30 bits per heavy atom. The van der Waals surface area contributed by atoms with E-state index in [1.807, 2.05) is 0 Å². The average Bonchev–Trinajstić information content (AvgIpc) is 3.29. The number of aromatic nitrogens is 3. The number of hydrogen-bond acceptors (Lipinski definition) is 8. The fourth-order valence-corrected chi connectivity index (χ4v) is 2.96. The number of aryl methyl sites for hydroxylation is 1. The van der Waals surface area contributed by atoms with Crippen LogP contribution in [-0.4, -0.2) is 34.2 Å². The van der Waals surface area contributed by atoms with Crippen LogP contribution >= 0.6 is 11.8 Å². The van der Waals surface area contributed by atoms with E-state index in [-0.39, 0.29) is 10.1 Å². The van der Waals surface area contributed by atoms with E-state index in [9.17, 15) is 14.7 Å². The molecular weight excluding hydrogens is 370 g/mol. The van der Waals surface area contributed by atoms with Crippen molar-refractivity contribution >= 4 is 29.8 Å². The number of furan rings is 1. The molecule has 3 rings (SSSR count). The molecule has 0 spiro atoms. The molecule has 0 aliphatic rings. The van der Waals surface area contributed by atoms with Gasteiger partial charge in [-0.05, 0) is 49.0 Å². The molecule has 0 unspecified atom stereocenters. The molecule has 138 valence electrons. The Kier molecular flexibility index (Phi) is 5.41. The van der Waals surface area contributed by atoms with Gasteiger partial charge < -0.3 is 19.1 Å². The Labute approximate surface area is 158 Å². The van der Waals surface area contributed by atoms with Crippen LogP contribution in [-0.2, 0) is 9.53 Å². The van der Waals surface area contributed by atoms with E-state index in [1.54, 1.807) is 43.3 Å². The number of nitrogens with one attached hydrogen (secondary N) is 1. The number of ether oxygens (including phenoxy) is 1. The maximum atomic E-state index is 11.6. The summed E-state index contributed by atoms with van der Waals surface area (Å²) in [5.41, 5.74) is 1.04. The lowest BCUT2D eigenvalue weighted by Gasteiger charge is -2.04. The van der Waals surface area contributed by atoms with Gasteiger partial charge >= 0.3 is 5.97 Å². The van der Waals surface area contributed by atoms with Crippen molar-refractivity contribution in [2.75, 3.05) is 7.11 Å². The van der Waals surface area contributed by atoms with Crippen molar-refractivity contribution in [2.45, 2.75) is 12.1 Å². The van der Waals surface area contributed by atoms with Gasteiger partial charge in [-0.2, -0.15) is 0 Å². The smallest absolute Gasteiger partial charge is 0.337 e. The van der Waals surface area contributed by atoms with Gasteiger partial charge in [0.2, 0.25) is 5.16 Å². The van der Waals surface area contributed by atoms with Crippen LogP contribution < -0.4 is 5.11 Å². The van der Waals surface area contributed by atoms with Crippen LogP contribution in [0.4, 0.5) is 0 Å². The van der Waals surface area contributed by atoms with Crippen LogP contribution in [0.25, 0.3) is 17.4 Å². The van der Waals surface area contributed by atoms with E-state index in [4.69, 9.17) is 9.15 Å². The molecule has 9 heteroatoms. The Morgan fingerprint density at radius 3 is 2.78 bits per heavy atom. The van der Waals surface area contributed by atoms with Gasteiger partial charge in [0.25, 0.3) is 0 Å². The van der Waals surface area contributed by atoms with E-state index >= 15 is 0 Å². The minimum atomic E-state index is -1.37. The first-order valence-corrected chi connectivity index (χ1v) is 8.56. The van der Waals surface area contributed by atoms with Crippen molar-refractivity contribution in [3.05, 3.63) is 58.5 Å². The highest BCUT2D eigenvalue weighted by Gasteiger charge is 2.11. The van der Waals surface area contributed by atoms with Gasteiger partial charge in [-0.15, -0.1) is 5.10 Å². The van der Waals surface area contributed by atoms with Crippen molar-refractivity contribution in [2.24, 2.45) is 0 Å². The summed E-state index contributed by atoms with van der Waals surface area (Å²) in [6.45, 7) is 1.71. The third kappa shape index (κ3) is 4.45. The second-order valence-electron chi connectivity index (χ2n) is 5.38. The summed E-state index contributed by atoms with van der Waals surface area (Å²) in [5, 5.41) is 18.2. The fourth-order valence-electron chi connectivity index (χ4n) is 2.23. The molecule has 0 amide bonds. The highest BCUT2D eigenvalue weighted by atomic mass is 32.2. The SMILES string of the molecule is COC(=O)c1cccc(-c2ccc(/C=C(/Sc3n[nH]c(C)n3)C(=O)[O-])o2)c1. The fraction of sp³-hybridized carbons (Fsp3) is 0.111. The minimum absolute atomic E-state index is 0.0989. The predicted octanol–water partition coefficient (Wildman–Crippen LogP) is 2.04. The van der Waals surface area contributed by atoms with Gasteiger partial charge in [0, 0.05) is 10.5 Å². The molecule has 1 N–H and O–H groups in total. The molecule has 2 aromatic heterocycles. The molecule has 0 radical (unpaired) electrons. The first kappa shape index (κ1) is 18.5. The largest absolute Gasteiger partial charge is 0.544 e. The Balaban J connectivity index is 1.86. The number of aliphatic carboxylic acids is 1. The standard InChI is InChI=1S/C18H15N3O5S/c1-10-19-18(21-20-10)27-15(16(22)23)9-13-6-7-14(26-13)11-4-3-5-12(8-11)17(24)25-2/h3-9H,1-2H3,(H,22,23)(H,19,20,21)/p-1/b15-9+. The van der Waals surface area contributed by atoms with Crippen molar-refractivity contribution in [3.8, 4) is 11.3 Å². The summed E-state index contributed by atoms with van der Waals surface area (Å²) < 4.78 is 10.4. The number of H-pyrrole nitrogens is 1. The Morgan fingerprint density at radius 2 is 2.11 bits per heavy atom. The minimum Gasteiger partial charge on any atom is -0.544 e. The average molecular weight is 384 g/mol. The number of hydrogen-bond donors (Lipinski definition) is 1. The topological polar surface area (TPSA) is 121 Å². The molecule has 8 nitrogen and oxygen atoms in total. The van der Waals surface area contributed by atoms with E-state index in [2.05, 4.69) is 15.2 Å². The monoisotopic (exact) mass is 384 g/mol. The number of carboxylic acid groups (broad SMARTS) is 1. The van der Waals surface area contributed by atoms with Gasteiger partial charge in [-0.25, -0.2) is 9.78 Å². The zero-order chi connectivity index (χ0) is 19.4. The lowest BCUT2D eigenvalue weighted by molar-refractivity contribution is -0.298. The van der Waals surface area contributed by atoms with Crippen molar-refractivity contribution < 1.29 is 23.8 Å². The third-order valence-corrected chi connectivity index (χ3v) is 4.32. The molecule has 0 bridgehead atoms. The number of aromatic amines is 1. The molecule has 0 aliphatic carbocycles. The Hall–Kier alpha value is -3.33. The van der Waals surface area contributed by atoms with Crippen LogP contribution in [0.2, 0.25) is 0 Å². The summed E-state index contributed by atoms with van der Waals surface area (Å²) in [5.74, 6) is -0.467. The first-order valence-electron chi connectivity index (χ1n) is 7.75. The highest BCUT2D eigenvalue weighted by Crippen LogP contribution is 2.28. The van der Waals surface area contributed by atoms with E-state index in [1.165, 1.54) is 13.2 Å². The van der Waals surface area contributed by atoms with Crippen molar-refractivity contribution in [3.63, 3.8) is 0 Å². The van der Waals surface area contributed by atoms with Gasteiger partial charge in [-0.3, -0.25) is 5.10 Å². The maximum absolute atomic E-state index is 11.6. The lowest BCUT2D eigenvalue weighted by atomic mass is 10.1. The molecule has 0 atom stereocenters. The molecule has 0 aliphatic heterocycles. The van der Waals surface area contributed by atoms with E-state index < -0.39 is 11.9 Å². The summed E-state index contributed by atoms with van der Waals surface area (Å²) in [6, 6.07) is 10.0. The molecule has 0 saturated heterocycles. The number of nitrogens with zero attached hydrogens (tertiary/aromatic N) is 2. The van der Waals surface area contributed by atoms with E-state index in [0.717, 1.165) is 11.8 Å². The van der Waals surface area contributed by atoms with Crippen LogP contribution in [0.5, 0.6) is 0 Å². The zero-order valence-electron chi connectivity index (χ0n) is 14.4. The lowest BCUT2D eigenvalue weighted by Crippen LogP contribution is -2.23. The quantitative estimate of drug-likeness (QED) is 0.389. The number of esters is 1. The summed E-state index contributed by atoms with van der Waals surface area (Å²) in [4.78, 5) is 27.0. The van der Waals surface area contributed by atoms with Crippen LogP contribution in [0.1, 0.15) is 21.9 Å². The molecule has 3 aromatic rings. The molecule has 0 saturated carbocycles. The molecule has 0 fully saturated rings. The van der Waals surface area contributed by atoms with Crippen molar-refractivity contribution in [1.82, 2.24) is 15.2 Å². The van der Waals surface area contributed by atoms with Crippen LogP contribution in [0.3, 0.4) is 0 Å². The number of thioether (sulfide) groups is 1. The second kappa shape index (κ2) is 7.92. The van der Waals surface area contributed by atoms with Crippen LogP contribution in [0, 0.1) is 6.92 Å². The maximum Gasteiger partial charge on any atom is 0.337 e. The molecule has 1 aromatic carbocycles. The third-order valence-electron chi connectivity index (χ3n) is 3.45. The number of carboxylic acids is 1. The second-order valence-corrected chi connectivity index (χ2v) is 6.39. The van der Waals surface area contributed by atoms with Crippen molar-refractivity contribution in [1.29, 1.82) is 0 Å². The number of carbonyl (C=O) groups excluding carboxylic acids is 2. The summed E-state index contributed by atoms with van der Waals surface area (Å²) in [6.07, 6.45) is 1.33. The number of carbonyl (C=O) groups is 2. The van der Waals surface area contributed by atoms with Gasteiger partial charge in [0.1, 0.15) is 17.3 Å². The molecular formula is C18H14N3O5S-.